The molecular formula is C33H38F2N4O6. The number of carboxylic acid groups (broad SMARTS) is 1. The van der Waals surface area contributed by atoms with E-state index in [-0.39, 0.29) is 25.4 Å². The van der Waals surface area contributed by atoms with Gasteiger partial charge in [0.25, 0.3) is 6.43 Å². The first-order valence-corrected chi connectivity index (χ1v) is 14.7. The second kappa shape index (κ2) is 16.5. The summed E-state index contributed by atoms with van der Waals surface area (Å²) in [6, 6.07) is 24.8. The molecule has 4 N–H and O–H groups in total. The zero-order valence-corrected chi connectivity index (χ0v) is 24.9. The lowest BCUT2D eigenvalue weighted by atomic mass is 9.84. The zero-order chi connectivity index (χ0) is 32.2. The zero-order valence-electron chi connectivity index (χ0n) is 24.9. The summed E-state index contributed by atoms with van der Waals surface area (Å²) in [7, 11) is 1.40. The Morgan fingerprint density at radius 3 is 2.20 bits per heavy atom. The second-order valence-corrected chi connectivity index (χ2v) is 10.8. The number of alkyl halides is 2. The van der Waals surface area contributed by atoms with E-state index in [1.54, 1.807) is 6.07 Å². The topological polar surface area (TPSA) is 129 Å². The van der Waals surface area contributed by atoms with Crippen LogP contribution in [0, 0.1) is 0 Å². The normalized spacial score (nSPS) is 17.0. The van der Waals surface area contributed by atoms with Gasteiger partial charge >= 0.3 is 12.2 Å². The molecule has 4 rings (SSSR count). The van der Waals surface area contributed by atoms with Crippen molar-refractivity contribution in [2.24, 2.45) is 0 Å². The molecule has 0 aliphatic carbocycles. The fourth-order valence-corrected chi connectivity index (χ4v) is 5.28. The number of morpholine rings is 1. The smallest absolute Gasteiger partial charge is 0.407 e. The van der Waals surface area contributed by atoms with Gasteiger partial charge < -0.3 is 30.5 Å². The Bertz CT molecular complexity index is 1350. The van der Waals surface area contributed by atoms with Gasteiger partial charge in [-0.05, 0) is 35.6 Å². The second-order valence-electron chi connectivity index (χ2n) is 10.8. The average Bonchev–Trinajstić information content (AvgIpc) is 3.05. The molecule has 1 fully saturated rings. The van der Waals surface area contributed by atoms with Crippen LogP contribution >= 0.6 is 0 Å². The third-order valence-corrected chi connectivity index (χ3v) is 7.62. The summed E-state index contributed by atoms with van der Waals surface area (Å²) in [5, 5.41) is 18.2. The largest absolute Gasteiger partial charge is 0.465 e. The molecule has 1 aliphatic heterocycles. The van der Waals surface area contributed by atoms with E-state index in [1.165, 1.54) is 7.05 Å². The summed E-state index contributed by atoms with van der Waals surface area (Å²) < 4.78 is 35.4. The summed E-state index contributed by atoms with van der Waals surface area (Å²) >= 11 is 0. The summed E-state index contributed by atoms with van der Waals surface area (Å²) in [6.07, 6.45) is -3.74. The van der Waals surface area contributed by atoms with Crippen LogP contribution in [0.5, 0.6) is 0 Å². The maximum Gasteiger partial charge on any atom is 0.407 e. The fourth-order valence-electron chi connectivity index (χ4n) is 5.28. The molecule has 3 amide bonds. The number of nitrogens with zero attached hydrogens (tertiary/aromatic N) is 1. The van der Waals surface area contributed by atoms with Gasteiger partial charge in [0.1, 0.15) is 12.6 Å². The number of anilines is 1. The van der Waals surface area contributed by atoms with Crippen LogP contribution in [0.4, 0.5) is 24.1 Å². The van der Waals surface area contributed by atoms with Crippen LogP contribution in [0.25, 0.3) is 0 Å². The van der Waals surface area contributed by atoms with Crippen LogP contribution in [0.2, 0.25) is 0 Å². The standard InChI is InChI=1S/C33H38F2N4O6/c1-39(33(42)43)30(29(23-11-4-2-5-12-23)24-13-6-3-7-14-24)31(40)38-27-15-9-8-10-22(27)16-17-26-18-36-25(20-44-26)21-45-32(41)37-19-28(34)35/h2-15,25-26,28-30,36H,16-21H2,1H3,(H,37,41)(H,38,40)(H,42,43)/t25-,26+,30-/m0/s1. The summed E-state index contributed by atoms with van der Waals surface area (Å²) in [4.78, 5) is 38.8. The number of rotatable bonds is 13. The van der Waals surface area contributed by atoms with Crippen molar-refractivity contribution in [1.82, 2.24) is 15.5 Å². The first-order chi connectivity index (χ1) is 21.7. The molecule has 0 bridgehead atoms. The Hall–Kier alpha value is -4.55. The molecule has 3 aromatic carbocycles. The molecule has 1 heterocycles. The number of likely N-dealkylation sites (N-methyl/N-ethyl adjacent to an activating group) is 1. The number of benzene rings is 3. The molecule has 12 heteroatoms. The monoisotopic (exact) mass is 624 g/mol. The van der Waals surface area contributed by atoms with Crippen LogP contribution < -0.4 is 16.0 Å². The highest BCUT2D eigenvalue weighted by Crippen LogP contribution is 2.32. The van der Waals surface area contributed by atoms with Gasteiger partial charge in [-0.15, -0.1) is 0 Å². The van der Waals surface area contributed by atoms with Crippen LogP contribution in [-0.4, -0.2) is 86.1 Å². The lowest BCUT2D eigenvalue weighted by molar-refractivity contribution is -0.120. The molecular weight excluding hydrogens is 586 g/mol. The average molecular weight is 625 g/mol. The molecule has 0 radical (unpaired) electrons. The number of aryl methyl sites for hydroxylation is 1. The van der Waals surface area contributed by atoms with Gasteiger partial charge in [0.2, 0.25) is 5.91 Å². The van der Waals surface area contributed by atoms with Crippen LogP contribution in [0.3, 0.4) is 0 Å². The van der Waals surface area contributed by atoms with Crippen molar-refractivity contribution in [3.8, 4) is 0 Å². The van der Waals surface area contributed by atoms with Crippen molar-refractivity contribution >= 4 is 23.8 Å². The Morgan fingerprint density at radius 2 is 1.62 bits per heavy atom. The number of amides is 3. The van der Waals surface area contributed by atoms with E-state index in [4.69, 9.17) is 9.47 Å². The lowest BCUT2D eigenvalue weighted by Crippen LogP contribution is -2.49. The van der Waals surface area contributed by atoms with Gasteiger partial charge in [-0.3, -0.25) is 9.69 Å². The number of carbonyl (C=O) groups excluding carboxylic acids is 2. The summed E-state index contributed by atoms with van der Waals surface area (Å²) in [6.45, 7) is -0.0260. The minimum Gasteiger partial charge on any atom is -0.465 e. The minimum absolute atomic E-state index is 0.0183. The van der Waals surface area contributed by atoms with Crippen molar-refractivity contribution < 1.29 is 37.7 Å². The van der Waals surface area contributed by atoms with Gasteiger partial charge in [-0.2, -0.15) is 0 Å². The molecule has 1 aliphatic rings. The highest BCUT2D eigenvalue weighted by Gasteiger charge is 2.37. The van der Waals surface area contributed by atoms with E-state index in [1.807, 2.05) is 84.2 Å². The predicted molar refractivity (Wildman–Crippen MR) is 165 cm³/mol. The molecule has 3 atom stereocenters. The van der Waals surface area contributed by atoms with E-state index < -0.39 is 43.0 Å². The Balaban J connectivity index is 1.41. The number of hydrogen-bond donors (Lipinski definition) is 4. The van der Waals surface area contributed by atoms with Crippen LogP contribution in [-0.2, 0) is 20.7 Å². The Morgan fingerprint density at radius 1 is 1.00 bits per heavy atom. The highest BCUT2D eigenvalue weighted by molar-refractivity contribution is 5.98. The number of ether oxygens (including phenoxy) is 2. The van der Waals surface area contributed by atoms with Crippen LogP contribution in [0.1, 0.15) is 29.0 Å². The summed E-state index contributed by atoms with van der Waals surface area (Å²) in [5.41, 5.74) is 3.06. The molecule has 240 valence electrons. The minimum atomic E-state index is -2.65. The molecule has 3 aromatic rings. The third-order valence-electron chi connectivity index (χ3n) is 7.62. The maximum absolute atomic E-state index is 14.0. The number of carbonyl (C=O) groups is 3. The third kappa shape index (κ3) is 9.72. The van der Waals surface area contributed by atoms with Crippen LogP contribution in [0.15, 0.2) is 84.9 Å². The molecule has 10 nitrogen and oxygen atoms in total. The van der Waals surface area contributed by atoms with E-state index >= 15 is 0 Å². The Labute approximate surface area is 260 Å². The number of nitrogens with one attached hydrogen (secondary N) is 3. The lowest BCUT2D eigenvalue weighted by Gasteiger charge is -2.33. The molecule has 0 spiro atoms. The summed E-state index contributed by atoms with van der Waals surface area (Å²) in [5.74, 6) is -1.02. The molecule has 1 saturated heterocycles. The molecule has 0 aromatic heterocycles. The number of halogens is 2. The van der Waals surface area contributed by atoms with E-state index in [9.17, 15) is 28.3 Å². The molecule has 0 unspecified atom stereocenters. The maximum atomic E-state index is 14.0. The SMILES string of the molecule is CN(C(=O)O)[C@H](C(=O)Nc1ccccc1CC[C@@H]1CN[C@H](COC(=O)NCC(F)F)CO1)C(c1ccccc1)c1ccccc1. The highest BCUT2D eigenvalue weighted by atomic mass is 19.3. The molecule has 45 heavy (non-hydrogen) atoms. The van der Waals surface area contributed by atoms with E-state index in [0.29, 0.717) is 25.1 Å². The van der Waals surface area contributed by atoms with E-state index in [0.717, 1.165) is 21.6 Å². The van der Waals surface area contributed by atoms with Gasteiger partial charge in [0.05, 0.1) is 25.3 Å². The van der Waals surface area contributed by atoms with Crippen molar-refractivity contribution in [1.29, 1.82) is 0 Å². The molecule has 0 saturated carbocycles. The quantitative estimate of drug-likeness (QED) is 0.217. The van der Waals surface area contributed by atoms with E-state index in [2.05, 4.69) is 10.6 Å². The van der Waals surface area contributed by atoms with Crippen molar-refractivity contribution in [2.45, 2.75) is 43.4 Å². The number of hydrogen-bond acceptors (Lipinski definition) is 6. The number of para-hydroxylation sites is 1. The van der Waals surface area contributed by atoms with Gasteiger partial charge in [-0.25, -0.2) is 18.4 Å². The van der Waals surface area contributed by atoms with Gasteiger partial charge in [-0.1, -0.05) is 78.9 Å². The van der Waals surface area contributed by atoms with Gasteiger partial charge in [0.15, 0.2) is 0 Å². The Kier molecular flexibility index (Phi) is 12.2. The van der Waals surface area contributed by atoms with Crippen molar-refractivity contribution in [3.63, 3.8) is 0 Å². The number of alkyl carbamates (subject to hydrolysis) is 1. The first-order valence-electron chi connectivity index (χ1n) is 14.7. The van der Waals surface area contributed by atoms with Crippen molar-refractivity contribution in [3.05, 3.63) is 102 Å². The first kappa shape index (κ1) is 33.3. The predicted octanol–water partition coefficient (Wildman–Crippen LogP) is 4.72. The van der Waals surface area contributed by atoms with Crippen molar-refractivity contribution in [2.75, 3.05) is 38.7 Å². The van der Waals surface area contributed by atoms with Gasteiger partial charge in [0, 0.05) is 25.2 Å². The fraction of sp³-hybridized carbons (Fsp3) is 0.364.